The van der Waals surface area contributed by atoms with Crippen molar-refractivity contribution < 1.29 is 9.59 Å². The Labute approximate surface area is 164 Å². The number of rotatable bonds is 6. The summed E-state index contributed by atoms with van der Waals surface area (Å²) in [7, 11) is 0. The Kier molecular flexibility index (Phi) is 5.81. The largest absolute Gasteiger partial charge is 0.356 e. The molecule has 138 valence electrons. The first-order chi connectivity index (χ1) is 12.9. The number of hydrogen-bond donors (Lipinski definition) is 1. The van der Waals surface area contributed by atoms with E-state index in [1.807, 2.05) is 18.2 Å². The minimum absolute atomic E-state index is 0.0664. The first-order valence-electron chi connectivity index (χ1n) is 8.45. The lowest BCUT2D eigenvalue weighted by Gasteiger charge is -2.07. The minimum Gasteiger partial charge on any atom is -0.356 e. The molecule has 2 aromatic carbocycles. The Balaban J connectivity index is 1.73. The Morgan fingerprint density at radius 3 is 2.59 bits per heavy atom. The summed E-state index contributed by atoms with van der Waals surface area (Å²) >= 11 is 3.35. The fraction of sp³-hybridized carbons (Fsp3) is 0.200. The van der Waals surface area contributed by atoms with Gasteiger partial charge in [-0.15, -0.1) is 0 Å². The third-order valence-corrected chi connectivity index (χ3v) is 4.66. The molecule has 6 nitrogen and oxygen atoms in total. The van der Waals surface area contributed by atoms with Crippen LogP contribution in [0.15, 0.2) is 58.1 Å². The van der Waals surface area contributed by atoms with Crippen LogP contribution in [0.3, 0.4) is 0 Å². The van der Waals surface area contributed by atoms with Crippen molar-refractivity contribution in [2.24, 2.45) is 0 Å². The van der Waals surface area contributed by atoms with Gasteiger partial charge in [0.2, 0.25) is 5.91 Å². The lowest BCUT2D eigenvalue weighted by Crippen LogP contribution is -2.24. The summed E-state index contributed by atoms with van der Waals surface area (Å²) in [6, 6.07) is 12.5. The van der Waals surface area contributed by atoms with Crippen LogP contribution >= 0.6 is 15.9 Å². The lowest BCUT2D eigenvalue weighted by atomic mass is 10.1. The second-order valence-corrected chi connectivity index (χ2v) is 7.11. The van der Waals surface area contributed by atoms with Crippen LogP contribution in [0.2, 0.25) is 0 Å². The van der Waals surface area contributed by atoms with Crippen molar-refractivity contribution in [3.8, 4) is 0 Å². The van der Waals surface area contributed by atoms with E-state index in [0.717, 1.165) is 10.0 Å². The standard InChI is InChI=1S/C20H18BrN3O3/c1-13(25)22-9-8-14-2-4-15(5-3-14)19(26)11-24-12-23-18-7-6-16(21)10-17(18)20(24)27/h2-7,10,12H,8-9,11H2,1H3,(H,22,25). The molecule has 0 spiro atoms. The third kappa shape index (κ3) is 4.68. The molecule has 1 N–H and O–H groups in total. The van der Waals surface area contributed by atoms with E-state index in [4.69, 9.17) is 0 Å². The molecule has 27 heavy (non-hydrogen) atoms. The molecule has 1 amide bonds. The predicted molar refractivity (Wildman–Crippen MR) is 107 cm³/mol. The van der Waals surface area contributed by atoms with Crippen molar-refractivity contribution in [2.75, 3.05) is 6.54 Å². The van der Waals surface area contributed by atoms with Crippen molar-refractivity contribution in [1.82, 2.24) is 14.9 Å². The number of aromatic nitrogens is 2. The number of carbonyl (C=O) groups is 2. The van der Waals surface area contributed by atoms with Gasteiger partial charge < -0.3 is 5.32 Å². The van der Waals surface area contributed by atoms with Crippen LogP contribution in [0.4, 0.5) is 0 Å². The van der Waals surface area contributed by atoms with Crippen LogP contribution in [0.25, 0.3) is 10.9 Å². The topological polar surface area (TPSA) is 81.1 Å². The van der Waals surface area contributed by atoms with Gasteiger partial charge in [-0.1, -0.05) is 40.2 Å². The maximum Gasteiger partial charge on any atom is 0.261 e. The van der Waals surface area contributed by atoms with Crippen LogP contribution in [-0.2, 0) is 17.8 Å². The van der Waals surface area contributed by atoms with Gasteiger partial charge in [-0.05, 0) is 30.2 Å². The molecule has 0 unspecified atom stereocenters. The average Bonchev–Trinajstić information content (AvgIpc) is 2.64. The quantitative estimate of drug-likeness (QED) is 0.613. The van der Waals surface area contributed by atoms with Crippen LogP contribution in [-0.4, -0.2) is 27.8 Å². The summed E-state index contributed by atoms with van der Waals surface area (Å²) in [5.74, 6) is -0.232. The summed E-state index contributed by atoms with van der Waals surface area (Å²) in [5, 5.41) is 3.20. The first-order valence-corrected chi connectivity index (χ1v) is 9.24. The fourth-order valence-electron chi connectivity index (χ4n) is 2.73. The number of benzene rings is 2. The number of carbonyl (C=O) groups excluding carboxylic acids is 2. The van der Waals surface area contributed by atoms with Crippen molar-refractivity contribution >= 4 is 38.5 Å². The highest BCUT2D eigenvalue weighted by Crippen LogP contribution is 2.15. The summed E-state index contributed by atoms with van der Waals surface area (Å²) < 4.78 is 2.11. The van der Waals surface area contributed by atoms with Gasteiger partial charge in [-0.25, -0.2) is 4.98 Å². The molecule has 7 heteroatoms. The molecule has 0 bridgehead atoms. The van der Waals surface area contributed by atoms with Crippen molar-refractivity contribution in [3.05, 3.63) is 74.7 Å². The van der Waals surface area contributed by atoms with Crippen molar-refractivity contribution in [2.45, 2.75) is 19.9 Å². The lowest BCUT2D eigenvalue weighted by molar-refractivity contribution is -0.118. The normalized spacial score (nSPS) is 10.7. The smallest absolute Gasteiger partial charge is 0.261 e. The molecule has 1 aromatic heterocycles. The van der Waals surface area contributed by atoms with E-state index in [1.165, 1.54) is 17.8 Å². The van der Waals surface area contributed by atoms with Crippen LogP contribution in [0.1, 0.15) is 22.8 Å². The van der Waals surface area contributed by atoms with Crippen molar-refractivity contribution in [1.29, 1.82) is 0 Å². The predicted octanol–water partition coefficient (Wildman–Crippen LogP) is 2.72. The monoisotopic (exact) mass is 427 g/mol. The molecule has 0 atom stereocenters. The number of hydrogen-bond acceptors (Lipinski definition) is 4. The second-order valence-electron chi connectivity index (χ2n) is 6.19. The zero-order valence-corrected chi connectivity index (χ0v) is 16.3. The van der Waals surface area contributed by atoms with E-state index in [-0.39, 0.29) is 23.8 Å². The molecule has 0 radical (unpaired) electrons. The van der Waals surface area contributed by atoms with E-state index in [0.29, 0.717) is 29.4 Å². The molecule has 0 fully saturated rings. The van der Waals surface area contributed by atoms with Gasteiger partial charge in [0.25, 0.3) is 5.56 Å². The molecule has 0 saturated heterocycles. The average molecular weight is 428 g/mol. The minimum atomic E-state index is -0.249. The number of Topliss-reactive ketones (excluding diaryl/α,β-unsaturated/α-hetero) is 1. The van der Waals surface area contributed by atoms with Crippen LogP contribution < -0.4 is 10.9 Å². The van der Waals surface area contributed by atoms with Gasteiger partial charge in [0, 0.05) is 23.5 Å². The molecule has 1 heterocycles. The molecule has 0 aliphatic rings. The summed E-state index contributed by atoms with van der Waals surface area (Å²) in [4.78, 5) is 40.3. The first kappa shape index (κ1) is 19.0. The Bertz CT molecular complexity index is 1060. The van der Waals surface area contributed by atoms with E-state index in [1.54, 1.807) is 24.3 Å². The summed E-state index contributed by atoms with van der Waals surface area (Å²) in [6.45, 7) is 1.96. The zero-order valence-electron chi connectivity index (χ0n) is 14.7. The van der Waals surface area contributed by atoms with Gasteiger partial charge in [-0.2, -0.15) is 0 Å². The SMILES string of the molecule is CC(=O)NCCc1ccc(C(=O)Cn2cnc3ccc(Br)cc3c2=O)cc1. The van der Waals surface area contributed by atoms with E-state index in [2.05, 4.69) is 26.2 Å². The van der Waals surface area contributed by atoms with Gasteiger partial charge in [0.1, 0.15) is 0 Å². The Morgan fingerprint density at radius 1 is 1.15 bits per heavy atom. The molecular formula is C20H18BrN3O3. The van der Waals surface area contributed by atoms with Gasteiger partial charge >= 0.3 is 0 Å². The molecule has 0 aliphatic heterocycles. The number of amides is 1. The molecular weight excluding hydrogens is 410 g/mol. The number of ketones is 1. The van der Waals surface area contributed by atoms with Gasteiger partial charge in [0.15, 0.2) is 5.78 Å². The van der Waals surface area contributed by atoms with Gasteiger partial charge in [-0.3, -0.25) is 19.0 Å². The van der Waals surface area contributed by atoms with Crippen molar-refractivity contribution in [3.63, 3.8) is 0 Å². The summed E-state index contributed by atoms with van der Waals surface area (Å²) in [6.07, 6.45) is 2.09. The molecule has 0 saturated carbocycles. The highest BCUT2D eigenvalue weighted by atomic mass is 79.9. The van der Waals surface area contributed by atoms with Gasteiger partial charge in [0.05, 0.1) is 23.8 Å². The summed E-state index contributed by atoms with van der Waals surface area (Å²) in [5.41, 5.74) is 1.89. The Hall–Kier alpha value is -2.80. The van der Waals surface area contributed by atoms with E-state index < -0.39 is 0 Å². The van der Waals surface area contributed by atoms with E-state index in [9.17, 15) is 14.4 Å². The third-order valence-electron chi connectivity index (χ3n) is 4.16. The highest BCUT2D eigenvalue weighted by molar-refractivity contribution is 9.10. The number of nitrogens with zero attached hydrogens (tertiary/aromatic N) is 2. The number of fused-ring (bicyclic) bond motifs is 1. The maximum absolute atomic E-state index is 12.6. The van der Waals surface area contributed by atoms with Crippen LogP contribution in [0.5, 0.6) is 0 Å². The van der Waals surface area contributed by atoms with E-state index >= 15 is 0 Å². The van der Waals surface area contributed by atoms with Crippen LogP contribution in [0, 0.1) is 0 Å². The zero-order chi connectivity index (χ0) is 19.4. The molecule has 3 rings (SSSR count). The Morgan fingerprint density at radius 2 is 1.89 bits per heavy atom. The second kappa shape index (κ2) is 8.26. The maximum atomic E-state index is 12.6. The molecule has 3 aromatic rings. The molecule has 0 aliphatic carbocycles. The highest BCUT2D eigenvalue weighted by Gasteiger charge is 2.11. The number of halogens is 1. The fourth-order valence-corrected chi connectivity index (χ4v) is 3.09. The number of nitrogens with one attached hydrogen (secondary N) is 1.